The van der Waals surface area contributed by atoms with Gasteiger partial charge in [-0.25, -0.2) is 9.37 Å². The van der Waals surface area contributed by atoms with Crippen molar-refractivity contribution < 1.29 is 9.18 Å². The molecule has 1 aromatic heterocycles. The number of hydrogen-bond acceptors (Lipinski definition) is 3. The highest BCUT2D eigenvalue weighted by Gasteiger charge is 2.20. The fraction of sp³-hybridized carbons (Fsp3) is 0.143. The Labute approximate surface area is 121 Å². The van der Waals surface area contributed by atoms with E-state index in [1.165, 1.54) is 29.3 Å². The summed E-state index contributed by atoms with van der Waals surface area (Å²) in [6.07, 6.45) is 1.37. The van der Waals surface area contributed by atoms with Gasteiger partial charge >= 0.3 is 0 Å². The van der Waals surface area contributed by atoms with E-state index in [0.717, 1.165) is 0 Å². The third-order valence-corrected chi connectivity index (χ3v) is 3.07. The molecular weight excluding hydrogens is 281 g/mol. The second kappa shape index (κ2) is 5.88. The Morgan fingerprint density at radius 3 is 2.85 bits per heavy atom. The molecule has 104 valence electrons. The van der Waals surface area contributed by atoms with Crippen molar-refractivity contribution in [3.63, 3.8) is 0 Å². The van der Waals surface area contributed by atoms with E-state index in [1.54, 1.807) is 19.1 Å². The van der Waals surface area contributed by atoms with Crippen LogP contribution in [0.4, 0.5) is 15.8 Å². The van der Waals surface area contributed by atoms with Crippen molar-refractivity contribution >= 4 is 28.9 Å². The first-order valence-electron chi connectivity index (χ1n) is 6.01. The first kappa shape index (κ1) is 14.3. The lowest BCUT2D eigenvalue weighted by atomic mass is 10.2. The second-order valence-electron chi connectivity index (χ2n) is 4.14. The number of hydrogen-bond donors (Lipinski definition) is 1. The maximum atomic E-state index is 13.3. The number of carbonyl (C=O) groups excluding carboxylic acids is 1. The number of anilines is 2. The monoisotopic (exact) mass is 293 g/mol. The standard InChI is InChI=1S/C14H13ClFN3O/c1-2-19(11-5-3-4-9(16)6-11)14(20)12-7-10(17)8-18-13(12)15/h3-8H,2,17H2,1H3. The van der Waals surface area contributed by atoms with Gasteiger partial charge in [0.1, 0.15) is 11.0 Å². The highest BCUT2D eigenvalue weighted by atomic mass is 35.5. The molecule has 0 aliphatic carbocycles. The maximum absolute atomic E-state index is 13.3. The normalized spacial score (nSPS) is 10.3. The second-order valence-corrected chi connectivity index (χ2v) is 4.49. The molecule has 2 aromatic rings. The zero-order chi connectivity index (χ0) is 14.7. The Kier molecular flexibility index (Phi) is 4.20. The van der Waals surface area contributed by atoms with E-state index in [1.807, 2.05) is 0 Å². The number of nitrogens with two attached hydrogens (primary N) is 1. The van der Waals surface area contributed by atoms with Gasteiger partial charge in [0.25, 0.3) is 5.91 Å². The Balaban J connectivity index is 2.41. The van der Waals surface area contributed by atoms with Crippen LogP contribution in [0.25, 0.3) is 0 Å². The van der Waals surface area contributed by atoms with Crippen molar-refractivity contribution in [1.82, 2.24) is 4.98 Å². The van der Waals surface area contributed by atoms with Gasteiger partial charge in [-0.15, -0.1) is 0 Å². The maximum Gasteiger partial charge on any atom is 0.261 e. The molecule has 0 atom stereocenters. The number of nitrogens with zero attached hydrogens (tertiary/aromatic N) is 2. The SMILES string of the molecule is CCN(C(=O)c1cc(N)cnc1Cl)c1cccc(F)c1. The van der Waals surface area contributed by atoms with Crippen molar-refractivity contribution in [3.05, 3.63) is 53.1 Å². The number of aromatic nitrogens is 1. The molecule has 1 amide bonds. The Bertz CT molecular complexity index is 648. The number of benzene rings is 1. The molecule has 0 spiro atoms. The van der Waals surface area contributed by atoms with Crippen LogP contribution in [0, 0.1) is 5.82 Å². The van der Waals surface area contributed by atoms with Crippen molar-refractivity contribution in [2.75, 3.05) is 17.2 Å². The lowest BCUT2D eigenvalue weighted by molar-refractivity contribution is 0.0988. The summed E-state index contributed by atoms with van der Waals surface area (Å²) in [6, 6.07) is 7.25. The summed E-state index contributed by atoms with van der Waals surface area (Å²) >= 11 is 5.92. The van der Waals surface area contributed by atoms with E-state index in [2.05, 4.69) is 4.98 Å². The van der Waals surface area contributed by atoms with Crippen LogP contribution in [-0.4, -0.2) is 17.4 Å². The minimum absolute atomic E-state index is 0.0686. The molecule has 4 nitrogen and oxygen atoms in total. The summed E-state index contributed by atoms with van der Waals surface area (Å²) in [6.45, 7) is 2.16. The summed E-state index contributed by atoms with van der Waals surface area (Å²) in [5.41, 5.74) is 6.61. The minimum Gasteiger partial charge on any atom is -0.397 e. The first-order valence-corrected chi connectivity index (χ1v) is 6.39. The summed E-state index contributed by atoms with van der Waals surface area (Å²) in [7, 11) is 0. The predicted octanol–water partition coefficient (Wildman–Crippen LogP) is 3.12. The topological polar surface area (TPSA) is 59.2 Å². The molecule has 1 aromatic carbocycles. The molecule has 20 heavy (non-hydrogen) atoms. The number of pyridine rings is 1. The molecule has 0 radical (unpaired) electrons. The third-order valence-electron chi connectivity index (χ3n) is 2.77. The molecule has 0 aliphatic heterocycles. The smallest absolute Gasteiger partial charge is 0.261 e. The predicted molar refractivity (Wildman–Crippen MR) is 77.4 cm³/mol. The van der Waals surface area contributed by atoms with Gasteiger partial charge in [0.05, 0.1) is 17.4 Å². The molecular formula is C14H13ClFN3O. The molecule has 0 saturated heterocycles. The molecule has 1 heterocycles. The van der Waals surface area contributed by atoms with Gasteiger partial charge in [0.15, 0.2) is 0 Å². The van der Waals surface area contributed by atoms with Crippen LogP contribution < -0.4 is 10.6 Å². The van der Waals surface area contributed by atoms with E-state index in [0.29, 0.717) is 17.9 Å². The lowest BCUT2D eigenvalue weighted by Gasteiger charge is -2.21. The number of carbonyl (C=O) groups is 1. The van der Waals surface area contributed by atoms with Crippen LogP contribution >= 0.6 is 11.6 Å². The molecule has 0 aliphatic rings. The highest BCUT2D eigenvalue weighted by Crippen LogP contribution is 2.22. The van der Waals surface area contributed by atoms with Crippen molar-refractivity contribution in [3.8, 4) is 0 Å². The lowest BCUT2D eigenvalue weighted by Crippen LogP contribution is -2.31. The van der Waals surface area contributed by atoms with Crippen LogP contribution in [0.3, 0.4) is 0 Å². The van der Waals surface area contributed by atoms with Gasteiger partial charge in [-0.1, -0.05) is 17.7 Å². The molecule has 2 N–H and O–H groups in total. The summed E-state index contributed by atoms with van der Waals surface area (Å²) in [5, 5.41) is 0.0686. The first-order chi connectivity index (χ1) is 9.52. The third kappa shape index (κ3) is 2.88. The molecule has 2 rings (SSSR count). The molecule has 0 fully saturated rings. The molecule has 0 bridgehead atoms. The average Bonchev–Trinajstić information content (AvgIpc) is 2.42. The Morgan fingerprint density at radius 2 is 2.20 bits per heavy atom. The summed E-state index contributed by atoms with van der Waals surface area (Å²) < 4.78 is 13.3. The summed E-state index contributed by atoms with van der Waals surface area (Å²) in [4.78, 5) is 17.7. The number of rotatable bonds is 3. The number of halogens is 2. The van der Waals surface area contributed by atoms with Crippen LogP contribution in [0.1, 0.15) is 17.3 Å². The van der Waals surface area contributed by atoms with Gasteiger partial charge < -0.3 is 10.6 Å². The Morgan fingerprint density at radius 1 is 1.45 bits per heavy atom. The van der Waals surface area contributed by atoms with Crippen LogP contribution in [-0.2, 0) is 0 Å². The molecule has 0 saturated carbocycles. The van der Waals surface area contributed by atoms with E-state index in [9.17, 15) is 9.18 Å². The van der Waals surface area contributed by atoms with Crippen molar-refractivity contribution in [1.29, 1.82) is 0 Å². The van der Waals surface area contributed by atoms with E-state index >= 15 is 0 Å². The molecule has 6 heteroatoms. The van der Waals surface area contributed by atoms with Crippen molar-refractivity contribution in [2.24, 2.45) is 0 Å². The van der Waals surface area contributed by atoms with Gasteiger partial charge in [-0.05, 0) is 31.2 Å². The van der Waals surface area contributed by atoms with Gasteiger partial charge in [-0.3, -0.25) is 4.79 Å². The minimum atomic E-state index is -0.412. The van der Waals surface area contributed by atoms with Crippen molar-refractivity contribution in [2.45, 2.75) is 6.92 Å². The zero-order valence-electron chi connectivity index (χ0n) is 10.8. The fourth-order valence-electron chi connectivity index (χ4n) is 1.85. The Hall–Kier alpha value is -2.14. The zero-order valence-corrected chi connectivity index (χ0v) is 11.6. The van der Waals surface area contributed by atoms with Gasteiger partial charge in [-0.2, -0.15) is 0 Å². The van der Waals surface area contributed by atoms with Gasteiger partial charge in [0, 0.05) is 12.2 Å². The quantitative estimate of drug-likeness (QED) is 0.885. The summed E-state index contributed by atoms with van der Waals surface area (Å²) in [5.74, 6) is -0.784. The van der Waals surface area contributed by atoms with Crippen LogP contribution in [0.2, 0.25) is 5.15 Å². The highest BCUT2D eigenvalue weighted by molar-refractivity contribution is 6.33. The van der Waals surface area contributed by atoms with E-state index < -0.39 is 5.82 Å². The largest absolute Gasteiger partial charge is 0.397 e. The van der Waals surface area contributed by atoms with E-state index in [-0.39, 0.29) is 16.6 Å². The van der Waals surface area contributed by atoms with E-state index in [4.69, 9.17) is 17.3 Å². The fourth-order valence-corrected chi connectivity index (χ4v) is 2.03. The van der Waals surface area contributed by atoms with Gasteiger partial charge in [0.2, 0.25) is 0 Å². The average molecular weight is 294 g/mol. The van der Waals surface area contributed by atoms with Crippen LogP contribution in [0.15, 0.2) is 36.5 Å². The number of nitrogen functional groups attached to an aromatic ring is 1. The van der Waals surface area contributed by atoms with Crippen LogP contribution in [0.5, 0.6) is 0 Å². The number of amides is 1. The molecule has 0 unspecified atom stereocenters.